The lowest BCUT2D eigenvalue weighted by atomic mass is 10.2. The Bertz CT molecular complexity index is 1440. The summed E-state index contributed by atoms with van der Waals surface area (Å²) in [6.07, 6.45) is 4.25. The molecule has 5 rings (SSSR count). The average Bonchev–Trinajstić information content (AvgIpc) is 3.01. The van der Waals surface area contributed by atoms with Crippen LogP contribution in [0, 0.1) is 0 Å². The Hall–Kier alpha value is -3.46. The molecular weight excluding hydrogens is 416 g/mol. The first kappa shape index (κ1) is 19.5. The van der Waals surface area contributed by atoms with Crippen LogP contribution in [0.3, 0.4) is 0 Å². The summed E-state index contributed by atoms with van der Waals surface area (Å²) < 4.78 is 35.7. The van der Waals surface area contributed by atoms with Crippen molar-refractivity contribution in [3.8, 4) is 11.4 Å². The van der Waals surface area contributed by atoms with Crippen molar-refractivity contribution in [2.75, 3.05) is 4.72 Å². The van der Waals surface area contributed by atoms with Crippen molar-refractivity contribution in [1.82, 2.24) is 14.8 Å². The molecular formula is C22H20N4O4S. The highest BCUT2D eigenvalue weighted by molar-refractivity contribution is 7.92. The third kappa shape index (κ3) is 3.84. The zero-order valence-electron chi connectivity index (χ0n) is 16.6. The first-order valence-electron chi connectivity index (χ1n) is 10.1. The SMILES string of the molecule is O=c1ccc2cc(S(=O)(=O)Nc3cccc(-c4nnc5n4CCCCC5)c3)ccc2o1. The van der Waals surface area contributed by atoms with Crippen LogP contribution < -0.4 is 10.3 Å². The maximum Gasteiger partial charge on any atom is 0.336 e. The highest BCUT2D eigenvalue weighted by Gasteiger charge is 2.18. The van der Waals surface area contributed by atoms with Gasteiger partial charge in [-0.25, -0.2) is 13.2 Å². The molecule has 0 atom stereocenters. The molecule has 0 aliphatic carbocycles. The molecule has 9 heteroatoms. The van der Waals surface area contributed by atoms with Crippen LogP contribution >= 0.6 is 0 Å². The van der Waals surface area contributed by atoms with Gasteiger partial charge in [0.25, 0.3) is 10.0 Å². The molecule has 0 saturated carbocycles. The van der Waals surface area contributed by atoms with Crippen molar-refractivity contribution < 1.29 is 12.8 Å². The van der Waals surface area contributed by atoms with Crippen molar-refractivity contribution in [3.05, 3.63) is 70.8 Å². The molecule has 0 spiro atoms. The summed E-state index contributed by atoms with van der Waals surface area (Å²) in [4.78, 5) is 11.4. The van der Waals surface area contributed by atoms with Crippen LogP contribution in [0.15, 0.2) is 68.7 Å². The van der Waals surface area contributed by atoms with Gasteiger partial charge >= 0.3 is 5.63 Å². The van der Waals surface area contributed by atoms with Gasteiger partial charge in [-0.2, -0.15) is 0 Å². The summed E-state index contributed by atoms with van der Waals surface area (Å²) in [5, 5.41) is 9.20. The monoisotopic (exact) mass is 436 g/mol. The van der Waals surface area contributed by atoms with E-state index in [1.807, 2.05) is 6.07 Å². The lowest BCUT2D eigenvalue weighted by Gasteiger charge is -2.11. The lowest BCUT2D eigenvalue weighted by molar-refractivity contribution is 0.560. The number of nitrogens with zero attached hydrogens (tertiary/aromatic N) is 3. The van der Waals surface area contributed by atoms with Gasteiger partial charge in [-0.15, -0.1) is 10.2 Å². The van der Waals surface area contributed by atoms with E-state index in [2.05, 4.69) is 19.5 Å². The van der Waals surface area contributed by atoms with Gasteiger partial charge in [-0.05, 0) is 49.2 Å². The van der Waals surface area contributed by atoms with Gasteiger partial charge < -0.3 is 8.98 Å². The zero-order chi connectivity index (χ0) is 21.4. The van der Waals surface area contributed by atoms with E-state index in [1.165, 1.54) is 30.3 Å². The minimum absolute atomic E-state index is 0.0793. The molecule has 8 nitrogen and oxygen atoms in total. The van der Waals surface area contributed by atoms with Crippen molar-refractivity contribution >= 4 is 26.7 Å². The Kier molecular flexibility index (Phi) is 4.82. The number of rotatable bonds is 4. The Balaban J connectivity index is 1.46. The molecule has 158 valence electrons. The molecule has 0 saturated heterocycles. The smallest absolute Gasteiger partial charge is 0.336 e. The van der Waals surface area contributed by atoms with Gasteiger partial charge in [-0.1, -0.05) is 18.6 Å². The van der Waals surface area contributed by atoms with Gasteiger partial charge in [0.05, 0.1) is 4.90 Å². The lowest BCUT2D eigenvalue weighted by Crippen LogP contribution is -2.13. The van der Waals surface area contributed by atoms with Gasteiger partial charge in [0, 0.05) is 35.7 Å². The van der Waals surface area contributed by atoms with Gasteiger partial charge in [0.15, 0.2) is 5.82 Å². The number of nitrogens with one attached hydrogen (secondary N) is 1. The van der Waals surface area contributed by atoms with Crippen molar-refractivity contribution in [1.29, 1.82) is 0 Å². The van der Waals surface area contributed by atoms with Crippen LogP contribution in [0.4, 0.5) is 5.69 Å². The van der Waals surface area contributed by atoms with Gasteiger partial charge in [-0.3, -0.25) is 4.72 Å². The fourth-order valence-corrected chi connectivity index (χ4v) is 4.94. The third-order valence-electron chi connectivity index (χ3n) is 5.38. The fraction of sp³-hybridized carbons (Fsp3) is 0.227. The maximum atomic E-state index is 13.0. The van der Waals surface area contributed by atoms with Gasteiger partial charge in [0.1, 0.15) is 11.4 Å². The topological polar surface area (TPSA) is 107 Å². The third-order valence-corrected chi connectivity index (χ3v) is 6.76. The van der Waals surface area contributed by atoms with E-state index in [9.17, 15) is 13.2 Å². The van der Waals surface area contributed by atoms with Crippen LogP contribution in [0.5, 0.6) is 0 Å². The van der Waals surface area contributed by atoms with E-state index in [-0.39, 0.29) is 4.90 Å². The van der Waals surface area contributed by atoms with Crippen molar-refractivity contribution in [2.45, 2.75) is 37.1 Å². The highest BCUT2D eigenvalue weighted by Crippen LogP contribution is 2.26. The van der Waals surface area contributed by atoms with Gasteiger partial charge in [0.2, 0.25) is 0 Å². The molecule has 0 bridgehead atoms. The summed E-state index contributed by atoms with van der Waals surface area (Å²) in [7, 11) is -3.84. The Morgan fingerprint density at radius 1 is 0.968 bits per heavy atom. The molecule has 1 aliphatic rings. The molecule has 31 heavy (non-hydrogen) atoms. The normalized spacial score (nSPS) is 14.2. The number of hydrogen-bond acceptors (Lipinski definition) is 6. The number of aryl methyl sites for hydroxylation is 1. The second kappa shape index (κ2) is 7.66. The first-order chi connectivity index (χ1) is 15.0. The number of fused-ring (bicyclic) bond motifs is 2. The number of aromatic nitrogens is 3. The van der Waals surface area contributed by atoms with E-state index < -0.39 is 15.6 Å². The molecule has 3 heterocycles. The minimum atomic E-state index is -3.84. The van der Waals surface area contributed by atoms with Crippen LogP contribution in [0.1, 0.15) is 25.1 Å². The zero-order valence-corrected chi connectivity index (χ0v) is 17.4. The summed E-state index contributed by atoms with van der Waals surface area (Å²) in [6, 6.07) is 14.3. The standard InChI is InChI=1S/C22H20N4O4S/c27-21-11-8-15-14-18(9-10-19(15)30-21)31(28,29)25-17-6-4-5-16(13-17)22-24-23-20-7-2-1-3-12-26(20)22/h4-6,8-11,13-14,25H,1-3,7,12H2. The largest absolute Gasteiger partial charge is 0.423 e. The summed E-state index contributed by atoms with van der Waals surface area (Å²) in [5.74, 6) is 1.72. The number of benzene rings is 2. The molecule has 0 fully saturated rings. The molecule has 4 aromatic rings. The minimum Gasteiger partial charge on any atom is -0.423 e. The fourth-order valence-electron chi connectivity index (χ4n) is 3.85. The van der Waals surface area contributed by atoms with E-state index >= 15 is 0 Å². The Morgan fingerprint density at radius 3 is 2.77 bits per heavy atom. The Labute approximate surface area is 178 Å². The maximum absolute atomic E-state index is 13.0. The van der Waals surface area contributed by atoms with E-state index in [4.69, 9.17) is 4.42 Å². The van der Waals surface area contributed by atoms with E-state index in [1.54, 1.807) is 18.2 Å². The van der Waals surface area contributed by atoms with Crippen LogP contribution in [0.25, 0.3) is 22.4 Å². The molecule has 2 aromatic heterocycles. The summed E-state index contributed by atoms with van der Waals surface area (Å²) in [6.45, 7) is 0.862. The van der Waals surface area contributed by atoms with Crippen LogP contribution in [-0.2, 0) is 23.0 Å². The van der Waals surface area contributed by atoms with Crippen LogP contribution in [-0.4, -0.2) is 23.2 Å². The highest BCUT2D eigenvalue weighted by atomic mass is 32.2. The molecule has 2 aromatic carbocycles. The van der Waals surface area contributed by atoms with E-state index in [0.717, 1.165) is 49.4 Å². The molecule has 0 radical (unpaired) electrons. The summed E-state index contributed by atoms with van der Waals surface area (Å²) in [5.41, 5.74) is 1.09. The molecule has 1 N–H and O–H groups in total. The van der Waals surface area contributed by atoms with E-state index in [0.29, 0.717) is 16.7 Å². The van der Waals surface area contributed by atoms with Crippen molar-refractivity contribution in [3.63, 3.8) is 0 Å². The molecule has 1 aliphatic heterocycles. The second-order valence-corrected chi connectivity index (χ2v) is 9.22. The number of sulfonamides is 1. The number of hydrogen-bond donors (Lipinski definition) is 1. The Morgan fingerprint density at radius 2 is 1.87 bits per heavy atom. The quantitative estimate of drug-likeness (QED) is 0.490. The number of anilines is 1. The first-order valence-corrected chi connectivity index (χ1v) is 11.6. The average molecular weight is 436 g/mol. The molecule has 0 unspecified atom stereocenters. The molecule has 0 amide bonds. The predicted octanol–water partition coefficient (Wildman–Crippen LogP) is 3.58. The van der Waals surface area contributed by atoms with Crippen LogP contribution in [0.2, 0.25) is 0 Å². The predicted molar refractivity (Wildman–Crippen MR) is 116 cm³/mol. The second-order valence-electron chi connectivity index (χ2n) is 7.54. The summed E-state index contributed by atoms with van der Waals surface area (Å²) >= 11 is 0. The van der Waals surface area contributed by atoms with Crippen molar-refractivity contribution in [2.24, 2.45) is 0 Å².